The summed E-state index contributed by atoms with van der Waals surface area (Å²) in [5.41, 5.74) is 2.72. The molecule has 5 nitrogen and oxygen atoms in total. The lowest BCUT2D eigenvalue weighted by atomic mass is 9.93. The largest absolute Gasteiger partial charge is 0.275 e. The summed E-state index contributed by atoms with van der Waals surface area (Å²) in [5, 5.41) is 4.94. The first-order valence-electron chi connectivity index (χ1n) is 10.0. The third-order valence-corrected chi connectivity index (χ3v) is 7.06. The summed E-state index contributed by atoms with van der Waals surface area (Å²) in [6, 6.07) is 13.7. The molecule has 156 valence electrons. The number of halogens is 1. The topological polar surface area (TPSA) is 69.0 Å². The summed E-state index contributed by atoms with van der Waals surface area (Å²) in [6.07, 6.45) is 8.18. The van der Waals surface area contributed by atoms with E-state index in [2.05, 4.69) is 5.10 Å². The van der Waals surface area contributed by atoms with Gasteiger partial charge in [-0.1, -0.05) is 55.5 Å². The third-order valence-electron chi connectivity index (χ3n) is 5.69. The minimum Gasteiger partial charge on any atom is -0.267 e. The number of hydrogen-bond acceptors (Lipinski definition) is 4. The molecule has 0 N–H and O–H groups in total. The van der Waals surface area contributed by atoms with Crippen LogP contribution in [0.1, 0.15) is 31.2 Å². The van der Waals surface area contributed by atoms with Crippen molar-refractivity contribution in [3.05, 3.63) is 75.7 Å². The van der Waals surface area contributed by atoms with E-state index >= 15 is 0 Å². The Morgan fingerprint density at radius 2 is 1.80 bits per heavy atom. The first-order valence-corrected chi connectivity index (χ1v) is 12.3. The second-order valence-electron chi connectivity index (χ2n) is 7.88. The van der Waals surface area contributed by atoms with E-state index in [4.69, 9.17) is 11.6 Å². The van der Waals surface area contributed by atoms with E-state index in [0.29, 0.717) is 28.6 Å². The van der Waals surface area contributed by atoms with Crippen molar-refractivity contribution in [2.24, 2.45) is 5.92 Å². The van der Waals surface area contributed by atoms with Crippen molar-refractivity contribution < 1.29 is 8.42 Å². The summed E-state index contributed by atoms with van der Waals surface area (Å²) in [7, 11) is -3.28. The average molecular weight is 443 g/mol. The maximum atomic E-state index is 13.5. The molecule has 1 aromatic heterocycles. The van der Waals surface area contributed by atoms with Crippen molar-refractivity contribution in [2.75, 3.05) is 6.26 Å². The van der Waals surface area contributed by atoms with Crippen LogP contribution >= 0.6 is 11.6 Å². The van der Waals surface area contributed by atoms with Gasteiger partial charge >= 0.3 is 0 Å². The highest BCUT2D eigenvalue weighted by atomic mass is 35.5. The van der Waals surface area contributed by atoms with Crippen molar-refractivity contribution in [3.63, 3.8) is 0 Å². The summed E-state index contributed by atoms with van der Waals surface area (Å²) < 4.78 is 25.0. The van der Waals surface area contributed by atoms with Crippen LogP contribution in [0.15, 0.2) is 64.4 Å². The maximum Gasteiger partial charge on any atom is 0.275 e. The Hall–Kier alpha value is -2.44. The van der Waals surface area contributed by atoms with Crippen LogP contribution in [0.3, 0.4) is 0 Å². The third kappa shape index (κ3) is 4.35. The molecule has 0 atom stereocenters. The van der Waals surface area contributed by atoms with Gasteiger partial charge in [0.05, 0.1) is 16.8 Å². The van der Waals surface area contributed by atoms with Crippen molar-refractivity contribution in [1.82, 2.24) is 9.78 Å². The van der Waals surface area contributed by atoms with Crippen LogP contribution in [-0.4, -0.2) is 24.5 Å². The van der Waals surface area contributed by atoms with Crippen molar-refractivity contribution >= 4 is 21.4 Å². The van der Waals surface area contributed by atoms with Crippen molar-refractivity contribution in [2.45, 2.75) is 37.0 Å². The molecule has 7 heteroatoms. The van der Waals surface area contributed by atoms with E-state index in [1.54, 1.807) is 54.7 Å². The molecule has 0 radical (unpaired) electrons. The van der Waals surface area contributed by atoms with E-state index in [1.807, 2.05) is 0 Å². The molecular formula is C23H23ClN2O3S. The Kier molecular flexibility index (Phi) is 5.80. The van der Waals surface area contributed by atoms with E-state index in [-0.39, 0.29) is 10.5 Å². The molecule has 2 aromatic carbocycles. The number of aromatic nitrogens is 2. The van der Waals surface area contributed by atoms with Gasteiger partial charge in [-0.3, -0.25) is 4.79 Å². The molecule has 3 aromatic rings. The maximum absolute atomic E-state index is 13.5. The van der Waals surface area contributed by atoms with Crippen LogP contribution < -0.4 is 5.56 Å². The minimum absolute atomic E-state index is 0.158. The van der Waals surface area contributed by atoms with Gasteiger partial charge in [0.15, 0.2) is 9.84 Å². The van der Waals surface area contributed by atoms with Crippen LogP contribution in [0.2, 0.25) is 5.02 Å². The predicted molar refractivity (Wildman–Crippen MR) is 119 cm³/mol. The van der Waals surface area contributed by atoms with Gasteiger partial charge in [-0.25, -0.2) is 8.42 Å². The molecule has 0 amide bonds. The van der Waals surface area contributed by atoms with Gasteiger partial charge in [0.1, 0.15) is 0 Å². The molecule has 0 aliphatic heterocycles. The Balaban J connectivity index is 1.83. The molecule has 1 saturated carbocycles. The van der Waals surface area contributed by atoms with Crippen molar-refractivity contribution in [1.29, 1.82) is 0 Å². The molecule has 30 heavy (non-hydrogen) atoms. The van der Waals surface area contributed by atoms with Gasteiger partial charge in [0.25, 0.3) is 5.56 Å². The standard InChI is InChI=1S/C23H23ClN2O3S/c1-30(28,29)20-11-9-17(10-12-20)22-15-25-26(19-8-4-7-18(24)14-19)23(27)21(22)13-16-5-2-3-6-16/h4,7-12,14-16H,2-3,5-6,13H2,1H3. The lowest BCUT2D eigenvalue weighted by Gasteiger charge is -2.15. The second-order valence-corrected chi connectivity index (χ2v) is 10.3. The number of sulfone groups is 1. The molecule has 0 unspecified atom stereocenters. The van der Waals surface area contributed by atoms with E-state index < -0.39 is 9.84 Å². The second kappa shape index (κ2) is 8.36. The zero-order valence-corrected chi connectivity index (χ0v) is 18.3. The smallest absolute Gasteiger partial charge is 0.267 e. The molecule has 0 spiro atoms. The first-order chi connectivity index (χ1) is 14.3. The highest BCUT2D eigenvalue weighted by molar-refractivity contribution is 7.90. The monoisotopic (exact) mass is 442 g/mol. The predicted octanol–water partition coefficient (Wildman–Crippen LogP) is 4.69. The van der Waals surface area contributed by atoms with Gasteiger partial charge in [-0.15, -0.1) is 0 Å². The number of benzene rings is 2. The fraction of sp³-hybridized carbons (Fsp3) is 0.304. The Labute approximate surface area is 181 Å². The fourth-order valence-electron chi connectivity index (χ4n) is 4.11. The van der Waals surface area contributed by atoms with Crippen LogP contribution in [0, 0.1) is 5.92 Å². The van der Waals surface area contributed by atoms with Gasteiger partial charge in [-0.2, -0.15) is 9.78 Å². The van der Waals surface area contributed by atoms with Gasteiger partial charge < -0.3 is 0 Å². The zero-order valence-electron chi connectivity index (χ0n) is 16.7. The van der Waals surface area contributed by atoms with Crippen LogP contribution in [0.25, 0.3) is 16.8 Å². The van der Waals surface area contributed by atoms with Crippen LogP contribution in [-0.2, 0) is 16.3 Å². The Morgan fingerprint density at radius 3 is 2.43 bits per heavy atom. The molecule has 4 rings (SSSR count). The summed E-state index contributed by atoms with van der Waals surface area (Å²) in [5.74, 6) is 0.474. The van der Waals surface area contributed by atoms with Gasteiger partial charge in [0, 0.05) is 22.4 Å². The van der Waals surface area contributed by atoms with E-state index in [1.165, 1.54) is 23.8 Å². The average Bonchev–Trinajstić information content (AvgIpc) is 3.22. The summed E-state index contributed by atoms with van der Waals surface area (Å²) >= 11 is 6.11. The lowest BCUT2D eigenvalue weighted by Crippen LogP contribution is -2.26. The quantitative estimate of drug-likeness (QED) is 0.574. The highest BCUT2D eigenvalue weighted by Gasteiger charge is 2.22. The molecule has 1 aliphatic rings. The summed E-state index contributed by atoms with van der Waals surface area (Å²) in [4.78, 5) is 13.7. The molecule has 0 bridgehead atoms. The molecular weight excluding hydrogens is 420 g/mol. The normalized spacial score (nSPS) is 14.9. The van der Waals surface area contributed by atoms with Gasteiger partial charge in [0.2, 0.25) is 0 Å². The summed E-state index contributed by atoms with van der Waals surface area (Å²) in [6.45, 7) is 0. The highest BCUT2D eigenvalue weighted by Crippen LogP contribution is 2.31. The molecule has 1 aliphatic carbocycles. The SMILES string of the molecule is CS(=O)(=O)c1ccc(-c2cnn(-c3cccc(Cl)c3)c(=O)c2CC2CCCC2)cc1. The van der Waals surface area contributed by atoms with Crippen LogP contribution in [0.4, 0.5) is 0 Å². The van der Waals surface area contributed by atoms with E-state index in [0.717, 1.165) is 24.0 Å². The number of rotatable bonds is 5. The Bertz CT molecular complexity index is 1230. The minimum atomic E-state index is -3.28. The van der Waals surface area contributed by atoms with E-state index in [9.17, 15) is 13.2 Å². The zero-order chi connectivity index (χ0) is 21.3. The Morgan fingerprint density at radius 1 is 1.10 bits per heavy atom. The molecule has 0 saturated heterocycles. The van der Waals surface area contributed by atoms with Gasteiger partial charge in [-0.05, 0) is 48.2 Å². The fourth-order valence-corrected chi connectivity index (χ4v) is 4.93. The van der Waals surface area contributed by atoms with Crippen LogP contribution in [0.5, 0.6) is 0 Å². The molecule has 1 heterocycles. The lowest BCUT2D eigenvalue weighted by molar-refractivity contribution is 0.541. The van der Waals surface area contributed by atoms with Crippen molar-refractivity contribution in [3.8, 4) is 16.8 Å². The number of hydrogen-bond donors (Lipinski definition) is 0. The number of nitrogens with zero attached hydrogens (tertiary/aromatic N) is 2. The first kappa shape index (κ1) is 20.8. The molecule has 1 fully saturated rings.